The summed E-state index contributed by atoms with van der Waals surface area (Å²) in [5.74, 6) is -1.21. The number of halogens is 1. The van der Waals surface area contributed by atoms with Gasteiger partial charge in [0.05, 0.1) is 17.1 Å². The predicted octanol–water partition coefficient (Wildman–Crippen LogP) is 4.27. The zero-order chi connectivity index (χ0) is 21.7. The van der Waals surface area contributed by atoms with Gasteiger partial charge in [0, 0.05) is 6.54 Å². The quantitative estimate of drug-likeness (QED) is 0.614. The zero-order valence-corrected chi connectivity index (χ0v) is 17.6. The molecule has 5 nitrogen and oxygen atoms in total. The molecule has 0 saturated heterocycles. The van der Waals surface area contributed by atoms with Crippen LogP contribution in [0.25, 0.3) is 0 Å². The number of carbonyl (C=O) groups excluding carboxylic acids is 1. The second-order valence-electron chi connectivity index (χ2n) is 7.06. The lowest BCUT2D eigenvalue weighted by molar-refractivity contribution is -0.116. The van der Waals surface area contributed by atoms with Crippen molar-refractivity contribution in [2.45, 2.75) is 25.3 Å². The standard InChI is InChI=1S/C23H23FN2O3S/c1-17-12-13-18(2)22(14-17)30(28,29)26(15-19-8-4-3-5-9-19)16-23(27)25-21-11-7-6-10-20(21)24/h3-14H,15-16H2,1-2H3,(H,25,27). The second kappa shape index (κ2) is 9.19. The number of nitrogens with zero attached hydrogens (tertiary/aromatic N) is 1. The third-order valence-electron chi connectivity index (χ3n) is 4.63. The van der Waals surface area contributed by atoms with Crippen molar-refractivity contribution >= 4 is 21.6 Å². The first-order chi connectivity index (χ1) is 14.3. The molecule has 0 heterocycles. The minimum Gasteiger partial charge on any atom is -0.322 e. The Balaban J connectivity index is 1.93. The van der Waals surface area contributed by atoms with Crippen molar-refractivity contribution in [1.29, 1.82) is 0 Å². The first-order valence-electron chi connectivity index (χ1n) is 9.43. The van der Waals surface area contributed by atoms with Gasteiger partial charge in [-0.25, -0.2) is 12.8 Å². The summed E-state index contributed by atoms with van der Waals surface area (Å²) in [7, 11) is -3.97. The molecule has 3 rings (SSSR count). The van der Waals surface area contributed by atoms with Gasteiger partial charge in [0.1, 0.15) is 5.82 Å². The molecule has 156 valence electrons. The Morgan fingerprint density at radius 3 is 2.33 bits per heavy atom. The van der Waals surface area contributed by atoms with Crippen LogP contribution in [0.2, 0.25) is 0 Å². The summed E-state index contributed by atoms with van der Waals surface area (Å²) < 4.78 is 41.9. The van der Waals surface area contributed by atoms with Crippen molar-refractivity contribution in [3.05, 3.63) is 95.3 Å². The molecule has 3 aromatic carbocycles. The molecule has 0 bridgehead atoms. The average molecular weight is 427 g/mol. The Morgan fingerprint density at radius 2 is 1.63 bits per heavy atom. The highest BCUT2D eigenvalue weighted by molar-refractivity contribution is 7.89. The number of sulfonamides is 1. The normalized spacial score (nSPS) is 11.5. The molecule has 3 aromatic rings. The van der Waals surface area contributed by atoms with Crippen LogP contribution in [0.15, 0.2) is 77.7 Å². The molecule has 0 radical (unpaired) electrons. The maximum atomic E-state index is 13.9. The number of nitrogens with one attached hydrogen (secondary N) is 1. The maximum absolute atomic E-state index is 13.9. The van der Waals surface area contributed by atoms with Crippen LogP contribution in [0.3, 0.4) is 0 Å². The number of amides is 1. The molecule has 7 heteroatoms. The number of rotatable bonds is 7. The molecular formula is C23H23FN2O3S. The molecule has 30 heavy (non-hydrogen) atoms. The number of hydrogen-bond acceptors (Lipinski definition) is 3. The fourth-order valence-electron chi connectivity index (χ4n) is 3.05. The van der Waals surface area contributed by atoms with Gasteiger partial charge in [0.15, 0.2) is 0 Å². The third-order valence-corrected chi connectivity index (χ3v) is 6.56. The molecule has 0 aliphatic rings. The zero-order valence-electron chi connectivity index (χ0n) is 16.8. The van der Waals surface area contributed by atoms with Gasteiger partial charge in [0.2, 0.25) is 15.9 Å². The minimum atomic E-state index is -3.97. The summed E-state index contributed by atoms with van der Waals surface area (Å²) in [6, 6.07) is 19.9. The smallest absolute Gasteiger partial charge is 0.244 e. The molecule has 0 aliphatic heterocycles. The molecule has 0 saturated carbocycles. The molecule has 0 aromatic heterocycles. The Hall–Kier alpha value is -3.03. The van der Waals surface area contributed by atoms with E-state index < -0.39 is 28.3 Å². The van der Waals surface area contributed by atoms with E-state index in [1.165, 1.54) is 18.2 Å². The summed E-state index contributed by atoms with van der Waals surface area (Å²) in [5.41, 5.74) is 2.14. The molecule has 0 aliphatic carbocycles. The Kier molecular flexibility index (Phi) is 6.64. The molecule has 0 atom stereocenters. The van der Waals surface area contributed by atoms with Gasteiger partial charge in [-0.15, -0.1) is 0 Å². The van der Waals surface area contributed by atoms with Gasteiger partial charge < -0.3 is 5.32 Å². The number of benzene rings is 3. The fraction of sp³-hybridized carbons (Fsp3) is 0.174. The van der Waals surface area contributed by atoms with E-state index in [0.717, 1.165) is 15.4 Å². The number of hydrogen-bond donors (Lipinski definition) is 1. The molecule has 0 spiro atoms. The van der Waals surface area contributed by atoms with E-state index in [1.54, 1.807) is 49.4 Å². The predicted molar refractivity (Wildman–Crippen MR) is 115 cm³/mol. The van der Waals surface area contributed by atoms with Crippen molar-refractivity contribution < 1.29 is 17.6 Å². The van der Waals surface area contributed by atoms with E-state index in [-0.39, 0.29) is 17.1 Å². The lowest BCUT2D eigenvalue weighted by Gasteiger charge is -2.23. The molecule has 1 N–H and O–H groups in total. The maximum Gasteiger partial charge on any atom is 0.244 e. The van der Waals surface area contributed by atoms with Crippen LogP contribution in [0.1, 0.15) is 16.7 Å². The van der Waals surface area contributed by atoms with Crippen LogP contribution in [0, 0.1) is 19.7 Å². The monoisotopic (exact) mass is 426 g/mol. The van der Waals surface area contributed by atoms with Crippen molar-refractivity contribution in [3.8, 4) is 0 Å². The van der Waals surface area contributed by atoms with Crippen LogP contribution in [-0.4, -0.2) is 25.2 Å². The molecule has 1 amide bonds. The summed E-state index contributed by atoms with van der Waals surface area (Å²) in [6.45, 7) is 3.09. The topological polar surface area (TPSA) is 66.5 Å². The van der Waals surface area contributed by atoms with E-state index in [0.29, 0.717) is 5.56 Å². The highest BCUT2D eigenvalue weighted by Gasteiger charge is 2.28. The number of anilines is 1. The lowest BCUT2D eigenvalue weighted by Crippen LogP contribution is -2.38. The van der Waals surface area contributed by atoms with Crippen LogP contribution in [0.4, 0.5) is 10.1 Å². The summed E-state index contributed by atoms with van der Waals surface area (Å²) >= 11 is 0. The largest absolute Gasteiger partial charge is 0.322 e. The van der Waals surface area contributed by atoms with E-state index in [9.17, 15) is 17.6 Å². The van der Waals surface area contributed by atoms with Gasteiger partial charge in [-0.3, -0.25) is 4.79 Å². The lowest BCUT2D eigenvalue weighted by atomic mass is 10.2. The van der Waals surface area contributed by atoms with E-state index in [1.807, 2.05) is 19.1 Å². The minimum absolute atomic E-state index is 0.00583. The van der Waals surface area contributed by atoms with Crippen molar-refractivity contribution in [2.75, 3.05) is 11.9 Å². The van der Waals surface area contributed by atoms with Gasteiger partial charge in [0.25, 0.3) is 0 Å². The van der Waals surface area contributed by atoms with Gasteiger partial charge in [-0.1, -0.05) is 54.6 Å². The van der Waals surface area contributed by atoms with Crippen LogP contribution >= 0.6 is 0 Å². The average Bonchev–Trinajstić information content (AvgIpc) is 2.71. The Bertz CT molecular complexity index is 1150. The van der Waals surface area contributed by atoms with Gasteiger partial charge >= 0.3 is 0 Å². The summed E-state index contributed by atoms with van der Waals surface area (Å²) in [4.78, 5) is 12.8. The fourth-order valence-corrected chi connectivity index (χ4v) is 4.74. The molecule has 0 fully saturated rings. The van der Waals surface area contributed by atoms with Crippen LogP contribution < -0.4 is 5.32 Å². The Labute approximate surface area is 176 Å². The van der Waals surface area contributed by atoms with E-state index >= 15 is 0 Å². The summed E-state index contributed by atoms with van der Waals surface area (Å²) in [5, 5.41) is 2.46. The summed E-state index contributed by atoms with van der Waals surface area (Å²) in [6.07, 6.45) is 0. The number of para-hydroxylation sites is 1. The third kappa shape index (κ3) is 5.11. The van der Waals surface area contributed by atoms with Crippen LogP contribution in [-0.2, 0) is 21.4 Å². The number of aryl methyl sites for hydroxylation is 2. The first-order valence-corrected chi connectivity index (χ1v) is 10.9. The SMILES string of the molecule is Cc1ccc(C)c(S(=O)(=O)N(CC(=O)Nc2ccccc2F)Cc2ccccc2)c1. The highest BCUT2D eigenvalue weighted by atomic mass is 32.2. The van der Waals surface area contributed by atoms with Gasteiger partial charge in [-0.05, 0) is 48.7 Å². The Morgan fingerprint density at radius 1 is 0.967 bits per heavy atom. The first kappa shape index (κ1) is 21.7. The second-order valence-corrected chi connectivity index (χ2v) is 8.96. The van der Waals surface area contributed by atoms with E-state index in [2.05, 4.69) is 5.32 Å². The molecular weight excluding hydrogens is 403 g/mol. The van der Waals surface area contributed by atoms with Crippen molar-refractivity contribution in [3.63, 3.8) is 0 Å². The van der Waals surface area contributed by atoms with E-state index in [4.69, 9.17) is 0 Å². The molecule has 0 unspecified atom stereocenters. The van der Waals surface area contributed by atoms with Crippen molar-refractivity contribution in [1.82, 2.24) is 4.31 Å². The van der Waals surface area contributed by atoms with Crippen molar-refractivity contribution in [2.24, 2.45) is 0 Å². The van der Waals surface area contributed by atoms with Crippen LogP contribution in [0.5, 0.6) is 0 Å². The highest BCUT2D eigenvalue weighted by Crippen LogP contribution is 2.23. The van der Waals surface area contributed by atoms with Gasteiger partial charge in [-0.2, -0.15) is 4.31 Å². The number of carbonyl (C=O) groups is 1.